The first-order valence-corrected chi connectivity index (χ1v) is 8.55. The third-order valence-electron chi connectivity index (χ3n) is 4.93. The second-order valence-electron chi connectivity index (χ2n) is 6.69. The van der Waals surface area contributed by atoms with Crippen molar-refractivity contribution in [3.8, 4) is 0 Å². The fourth-order valence-corrected chi connectivity index (χ4v) is 3.51. The van der Waals surface area contributed by atoms with Crippen LogP contribution in [0.2, 0.25) is 0 Å². The molecule has 1 aromatic carbocycles. The molecule has 3 rings (SSSR count). The molecule has 0 N–H and O–H groups in total. The summed E-state index contributed by atoms with van der Waals surface area (Å²) in [5.74, 6) is -0.314. The van der Waals surface area contributed by atoms with E-state index in [-0.39, 0.29) is 11.8 Å². The Bertz CT molecular complexity index is 715. The fraction of sp³-hybridized carbons (Fsp3) is 0.474. The summed E-state index contributed by atoms with van der Waals surface area (Å²) in [4.78, 5) is 31.5. The highest BCUT2D eigenvalue weighted by atomic mass is 16.2. The van der Waals surface area contributed by atoms with Gasteiger partial charge in [0.2, 0.25) is 0 Å². The molecule has 2 heterocycles. The summed E-state index contributed by atoms with van der Waals surface area (Å²) in [6.45, 7) is 9.64. The van der Waals surface area contributed by atoms with Gasteiger partial charge >= 0.3 is 0 Å². The van der Waals surface area contributed by atoms with Crippen molar-refractivity contribution in [2.24, 2.45) is 0 Å². The third kappa shape index (κ3) is 2.73. The Balaban J connectivity index is 2.11. The lowest BCUT2D eigenvalue weighted by atomic mass is 9.97. The molecule has 0 aromatic heterocycles. The lowest BCUT2D eigenvalue weighted by molar-refractivity contribution is -0.137. The minimum atomic E-state index is -0.164. The van der Waals surface area contributed by atoms with Crippen LogP contribution in [0.15, 0.2) is 23.9 Å². The van der Waals surface area contributed by atoms with Crippen LogP contribution in [0.25, 0.3) is 5.57 Å². The van der Waals surface area contributed by atoms with Gasteiger partial charge in [0.1, 0.15) is 5.70 Å². The first kappa shape index (κ1) is 16.7. The van der Waals surface area contributed by atoms with Gasteiger partial charge in [-0.15, -0.1) is 0 Å². The molecule has 5 heteroatoms. The Kier molecular flexibility index (Phi) is 4.45. The van der Waals surface area contributed by atoms with E-state index in [1.165, 1.54) is 4.90 Å². The van der Waals surface area contributed by atoms with Crippen LogP contribution < -0.4 is 0 Å². The summed E-state index contributed by atoms with van der Waals surface area (Å²) in [5.41, 5.74) is 4.23. The number of nitrogens with zero attached hydrogens (tertiary/aromatic N) is 3. The summed E-state index contributed by atoms with van der Waals surface area (Å²) in [6, 6.07) is 6.04. The van der Waals surface area contributed by atoms with E-state index in [1.54, 1.807) is 0 Å². The van der Waals surface area contributed by atoms with Crippen molar-refractivity contribution in [1.29, 1.82) is 0 Å². The van der Waals surface area contributed by atoms with Gasteiger partial charge in [0.15, 0.2) is 0 Å². The number of hydrogen-bond acceptors (Lipinski definition) is 4. The van der Waals surface area contributed by atoms with E-state index in [1.807, 2.05) is 32.9 Å². The van der Waals surface area contributed by atoms with Gasteiger partial charge in [-0.2, -0.15) is 0 Å². The number of rotatable bonds is 3. The minimum Gasteiger partial charge on any atom is -0.364 e. The fourth-order valence-electron chi connectivity index (χ4n) is 3.51. The summed E-state index contributed by atoms with van der Waals surface area (Å²) in [7, 11) is 2.08. The van der Waals surface area contributed by atoms with E-state index in [2.05, 4.69) is 22.9 Å². The van der Waals surface area contributed by atoms with Gasteiger partial charge in [0, 0.05) is 32.7 Å². The standard InChI is InChI=1S/C19H25N3O2/c1-5-22-18(23)16(15-7-6-13(2)12-14(15)3)17(19(22)24)21-10-8-20(4)9-11-21/h6-7,12H,5,8-11H2,1-4H3. The van der Waals surface area contributed by atoms with Crippen LogP contribution in [0.1, 0.15) is 23.6 Å². The van der Waals surface area contributed by atoms with Gasteiger partial charge in [-0.3, -0.25) is 14.5 Å². The molecule has 128 valence electrons. The van der Waals surface area contributed by atoms with Gasteiger partial charge in [-0.1, -0.05) is 23.8 Å². The molecule has 0 spiro atoms. The van der Waals surface area contributed by atoms with E-state index in [0.717, 1.165) is 42.9 Å². The number of imide groups is 1. The lowest BCUT2D eigenvalue weighted by Crippen LogP contribution is -2.46. The quantitative estimate of drug-likeness (QED) is 0.792. The van der Waals surface area contributed by atoms with Crippen LogP contribution in [0, 0.1) is 13.8 Å². The van der Waals surface area contributed by atoms with Gasteiger partial charge in [0.25, 0.3) is 11.8 Å². The molecule has 0 aliphatic carbocycles. The maximum absolute atomic E-state index is 12.9. The summed E-state index contributed by atoms with van der Waals surface area (Å²) < 4.78 is 0. The molecule has 2 amide bonds. The van der Waals surface area contributed by atoms with Crippen LogP contribution in [0.5, 0.6) is 0 Å². The van der Waals surface area contributed by atoms with Crippen molar-refractivity contribution in [3.05, 3.63) is 40.6 Å². The average molecular weight is 327 g/mol. The van der Waals surface area contributed by atoms with E-state index >= 15 is 0 Å². The Morgan fingerprint density at radius 2 is 1.67 bits per heavy atom. The zero-order valence-electron chi connectivity index (χ0n) is 14.9. The van der Waals surface area contributed by atoms with Crippen LogP contribution in [0.3, 0.4) is 0 Å². The number of amides is 2. The van der Waals surface area contributed by atoms with E-state index < -0.39 is 0 Å². The molecular formula is C19H25N3O2. The number of carbonyl (C=O) groups is 2. The Labute approximate surface area is 143 Å². The Morgan fingerprint density at radius 1 is 1.00 bits per heavy atom. The normalized spacial score (nSPS) is 19.7. The van der Waals surface area contributed by atoms with Crippen molar-refractivity contribution in [2.45, 2.75) is 20.8 Å². The Hall–Kier alpha value is -2.14. The van der Waals surface area contributed by atoms with Crippen molar-refractivity contribution in [2.75, 3.05) is 39.8 Å². The Morgan fingerprint density at radius 3 is 2.25 bits per heavy atom. The SMILES string of the molecule is CCN1C(=O)C(c2ccc(C)cc2C)=C(N2CCN(C)CC2)C1=O. The lowest BCUT2D eigenvalue weighted by Gasteiger charge is -2.34. The molecule has 0 saturated carbocycles. The molecule has 0 atom stereocenters. The zero-order valence-corrected chi connectivity index (χ0v) is 14.9. The topological polar surface area (TPSA) is 43.9 Å². The molecule has 0 radical (unpaired) electrons. The van der Waals surface area contributed by atoms with E-state index in [4.69, 9.17) is 0 Å². The summed E-state index contributed by atoms with van der Waals surface area (Å²) >= 11 is 0. The second-order valence-corrected chi connectivity index (χ2v) is 6.69. The highest BCUT2D eigenvalue weighted by Gasteiger charge is 2.41. The van der Waals surface area contributed by atoms with Gasteiger partial charge < -0.3 is 9.80 Å². The van der Waals surface area contributed by atoms with Crippen molar-refractivity contribution < 1.29 is 9.59 Å². The largest absolute Gasteiger partial charge is 0.364 e. The average Bonchev–Trinajstić information content (AvgIpc) is 2.79. The van der Waals surface area contributed by atoms with Crippen LogP contribution in [-0.4, -0.2) is 66.3 Å². The summed E-state index contributed by atoms with van der Waals surface area (Å²) in [6.07, 6.45) is 0. The predicted molar refractivity (Wildman–Crippen MR) is 94.3 cm³/mol. The second kappa shape index (κ2) is 6.40. The number of aryl methyl sites for hydroxylation is 2. The van der Waals surface area contributed by atoms with E-state index in [9.17, 15) is 9.59 Å². The maximum Gasteiger partial charge on any atom is 0.277 e. The third-order valence-corrected chi connectivity index (χ3v) is 4.93. The molecule has 2 aliphatic rings. The zero-order chi connectivity index (χ0) is 17.4. The molecule has 1 fully saturated rings. The van der Waals surface area contributed by atoms with Crippen LogP contribution in [-0.2, 0) is 9.59 Å². The molecule has 0 unspecified atom stereocenters. The highest BCUT2D eigenvalue weighted by molar-refractivity contribution is 6.35. The highest BCUT2D eigenvalue weighted by Crippen LogP contribution is 2.33. The van der Waals surface area contributed by atoms with Crippen LogP contribution in [0.4, 0.5) is 0 Å². The minimum absolute atomic E-state index is 0.151. The number of benzene rings is 1. The van der Waals surface area contributed by atoms with Gasteiger partial charge in [-0.25, -0.2) is 0 Å². The number of carbonyl (C=O) groups excluding carboxylic acids is 2. The molecule has 2 aliphatic heterocycles. The molecule has 0 bridgehead atoms. The number of piperazine rings is 1. The van der Waals surface area contributed by atoms with E-state index in [0.29, 0.717) is 17.8 Å². The van der Waals surface area contributed by atoms with Crippen LogP contribution >= 0.6 is 0 Å². The molecule has 5 nitrogen and oxygen atoms in total. The monoisotopic (exact) mass is 327 g/mol. The van der Waals surface area contributed by atoms with Crippen molar-refractivity contribution in [1.82, 2.24) is 14.7 Å². The smallest absolute Gasteiger partial charge is 0.277 e. The number of likely N-dealkylation sites (N-methyl/N-ethyl adjacent to an activating group) is 2. The molecular weight excluding hydrogens is 302 g/mol. The maximum atomic E-state index is 12.9. The number of hydrogen-bond donors (Lipinski definition) is 0. The molecule has 1 saturated heterocycles. The molecule has 1 aromatic rings. The van der Waals surface area contributed by atoms with Gasteiger partial charge in [-0.05, 0) is 38.9 Å². The first-order chi connectivity index (χ1) is 11.4. The van der Waals surface area contributed by atoms with Crippen molar-refractivity contribution >= 4 is 17.4 Å². The van der Waals surface area contributed by atoms with Crippen molar-refractivity contribution in [3.63, 3.8) is 0 Å². The summed E-state index contributed by atoms with van der Waals surface area (Å²) in [5, 5.41) is 0. The first-order valence-electron chi connectivity index (χ1n) is 8.55. The predicted octanol–water partition coefficient (Wildman–Crippen LogP) is 1.65. The molecule has 24 heavy (non-hydrogen) atoms. The van der Waals surface area contributed by atoms with Gasteiger partial charge in [0.05, 0.1) is 5.57 Å².